The van der Waals surface area contributed by atoms with E-state index in [4.69, 9.17) is 0 Å². The second-order valence-corrected chi connectivity index (χ2v) is 14.7. The van der Waals surface area contributed by atoms with E-state index < -0.39 is 41.0 Å². The number of nitrogens with zero attached hydrogens (tertiary/aromatic N) is 3. The molecule has 13 heteroatoms. The van der Waals surface area contributed by atoms with Gasteiger partial charge >= 0.3 is 0 Å². The Balaban J connectivity index is 0.000000473. The van der Waals surface area contributed by atoms with Crippen molar-refractivity contribution in [3.8, 4) is 0 Å². The molecule has 0 radical (unpaired) electrons. The summed E-state index contributed by atoms with van der Waals surface area (Å²) in [5.41, 5.74) is -0.290. The number of Topliss-reactive ketones (excluding diaryl/α,β-unsaturated/α-hetero) is 1. The molecule has 5 amide bonds. The lowest BCUT2D eigenvalue weighted by Crippen LogP contribution is -2.56. The summed E-state index contributed by atoms with van der Waals surface area (Å²) < 4.78 is 0. The molecule has 1 aromatic rings. The maximum atomic E-state index is 13.1. The van der Waals surface area contributed by atoms with E-state index >= 15 is 0 Å². The number of carbonyl (C=O) groups excluding carboxylic acids is 6. The van der Waals surface area contributed by atoms with Gasteiger partial charge < -0.3 is 26.2 Å². The maximum absolute atomic E-state index is 13.1. The predicted octanol–water partition coefficient (Wildman–Crippen LogP) is 4.36. The van der Waals surface area contributed by atoms with E-state index in [9.17, 15) is 28.8 Å². The lowest BCUT2D eigenvalue weighted by Gasteiger charge is -2.33. The molecule has 3 saturated carbocycles. The second-order valence-electron chi connectivity index (χ2n) is 14.7. The Morgan fingerprint density at radius 3 is 1.96 bits per heavy atom. The van der Waals surface area contributed by atoms with Gasteiger partial charge in [0.05, 0.1) is 18.8 Å². The first-order valence-corrected chi connectivity index (χ1v) is 18.1. The molecular weight excluding hydrogens is 650 g/mol. The fraction of sp³-hybridized carbons (Fsp3) is 0.737. The van der Waals surface area contributed by atoms with E-state index in [-0.39, 0.29) is 39.0 Å². The first kappa shape index (κ1) is 45.1. The third kappa shape index (κ3) is 15.5. The zero-order chi connectivity index (χ0) is 35.8. The van der Waals surface area contributed by atoms with Crippen molar-refractivity contribution in [3.05, 3.63) is 24.3 Å². The van der Waals surface area contributed by atoms with Gasteiger partial charge in [-0.2, -0.15) is 0 Å². The van der Waals surface area contributed by atoms with Crippen LogP contribution in [0.4, 0.5) is 0 Å². The van der Waals surface area contributed by atoms with E-state index in [0.29, 0.717) is 24.7 Å². The van der Waals surface area contributed by atoms with Crippen molar-refractivity contribution in [1.29, 1.82) is 0 Å². The third-order valence-corrected chi connectivity index (χ3v) is 9.46. The number of fused-ring (bicyclic) bond motifs is 1. The Bertz CT molecular complexity index is 1220. The van der Waals surface area contributed by atoms with Crippen molar-refractivity contribution in [2.75, 3.05) is 19.6 Å². The molecule has 288 valence electrons. The van der Waals surface area contributed by atoms with Crippen molar-refractivity contribution in [2.45, 2.75) is 144 Å². The number of ketones is 1. The molecule has 4 fully saturated rings. The van der Waals surface area contributed by atoms with Gasteiger partial charge in [-0.05, 0) is 49.4 Å². The zero-order valence-electron chi connectivity index (χ0n) is 29.8. The van der Waals surface area contributed by atoms with Crippen LogP contribution in [-0.2, 0) is 24.0 Å². The fourth-order valence-electron chi connectivity index (χ4n) is 6.49. The lowest BCUT2D eigenvalue weighted by atomic mass is 9.85. The Kier molecular flexibility index (Phi) is 20.2. The van der Waals surface area contributed by atoms with Gasteiger partial charge in [0.2, 0.25) is 24.0 Å². The topological polar surface area (TPSA) is 180 Å². The number of rotatable bonds is 12. The molecule has 1 aliphatic heterocycles. The smallest absolute Gasteiger partial charge is 0.289 e. The van der Waals surface area contributed by atoms with Crippen LogP contribution < -0.4 is 21.3 Å². The number of hydrogen-bond donors (Lipinski definition) is 4. The largest absolute Gasteiger partial charge is 0.348 e. The predicted molar refractivity (Wildman–Crippen MR) is 198 cm³/mol. The van der Waals surface area contributed by atoms with Gasteiger partial charge in [-0.25, -0.2) is 4.98 Å². The minimum atomic E-state index is -0.675. The quantitative estimate of drug-likeness (QED) is 0.182. The van der Waals surface area contributed by atoms with Gasteiger partial charge in [0, 0.05) is 31.5 Å². The standard InChI is InChI=1S/C20H29N5O3.C10H16N2O3.C6H12.2CH4/c1-20(2,3)17(19(28)25-11-13-5-4-6-14(13)12-25)24-16(26)10-23-18(27)15-9-21-7-8-22-15;1-2-3-8(11-6-13)9(14)10(15)12-7-4-5-7;1-2-4-6-5-3-1;;/h7-9,13-14,17H,4-6,10-12H2,1-3H3,(H,23,27)(H,24,26);6-8H,2-5H2,1H3,(H,11,13)(H,12,15);1-6H2;2*1H4. The Morgan fingerprint density at radius 2 is 1.49 bits per heavy atom. The fourth-order valence-corrected chi connectivity index (χ4v) is 6.49. The molecule has 5 rings (SSSR count). The average molecular weight is 716 g/mol. The summed E-state index contributed by atoms with van der Waals surface area (Å²) in [6, 6.07) is -1.14. The number of amides is 5. The number of likely N-dealkylation sites (tertiary alicyclic amines) is 1. The second kappa shape index (κ2) is 22.8. The molecular formula is C38H65N7O6. The first-order chi connectivity index (χ1) is 23.4. The number of aromatic nitrogens is 2. The highest BCUT2D eigenvalue weighted by Gasteiger charge is 2.43. The van der Waals surface area contributed by atoms with Gasteiger partial charge in [0.15, 0.2) is 0 Å². The molecule has 4 unspecified atom stereocenters. The molecule has 1 saturated heterocycles. The highest BCUT2D eigenvalue weighted by atomic mass is 16.2. The zero-order valence-corrected chi connectivity index (χ0v) is 29.8. The van der Waals surface area contributed by atoms with E-state index in [2.05, 4.69) is 31.2 Å². The van der Waals surface area contributed by atoms with E-state index in [1.54, 1.807) is 0 Å². The normalized spacial score (nSPS) is 20.0. The number of nitrogens with one attached hydrogen (secondary N) is 4. The van der Waals surface area contributed by atoms with Gasteiger partial charge in [0.25, 0.3) is 11.8 Å². The molecule has 0 aromatic carbocycles. The minimum Gasteiger partial charge on any atom is -0.348 e. The van der Waals surface area contributed by atoms with Crippen molar-refractivity contribution in [1.82, 2.24) is 36.1 Å². The van der Waals surface area contributed by atoms with Crippen LogP contribution in [0.15, 0.2) is 18.6 Å². The van der Waals surface area contributed by atoms with Crippen LogP contribution in [0.2, 0.25) is 0 Å². The molecule has 4 N–H and O–H groups in total. The summed E-state index contributed by atoms with van der Waals surface area (Å²) in [4.78, 5) is 80.4. The Labute approximate surface area is 305 Å². The molecule has 0 bridgehead atoms. The SMILES string of the molecule is C.C.C1CCCCC1.CC(C)(C)C(NC(=O)CNC(=O)c1cnccn1)C(=O)N1CC2CCCC2C1.CCCC(NC=O)C(=O)C(=O)NC1CC1. The van der Waals surface area contributed by atoms with Crippen LogP contribution in [0.1, 0.15) is 137 Å². The summed E-state index contributed by atoms with van der Waals surface area (Å²) in [7, 11) is 0. The van der Waals surface area contributed by atoms with Crippen LogP contribution in [0.5, 0.6) is 0 Å². The Hall–Kier alpha value is -3.90. The first-order valence-electron chi connectivity index (χ1n) is 18.1. The lowest BCUT2D eigenvalue weighted by molar-refractivity contribution is -0.139. The molecule has 1 aromatic heterocycles. The summed E-state index contributed by atoms with van der Waals surface area (Å²) in [5, 5.41) is 10.3. The summed E-state index contributed by atoms with van der Waals surface area (Å²) >= 11 is 0. The Morgan fingerprint density at radius 1 is 0.902 bits per heavy atom. The highest BCUT2D eigenvalue weighted by Crippen LogP contribution is 2.38. The highest BCUT2D eigenvalue weighted by molar-refractivity contribution is 6.38. The average Bonchev–Trinajstić information content (AvgIpc) is 3.65. The van der Waals surface area contributed by atoms with Crippen LogP contribution >= 0.6 is 0 Å². The molecule has 2 heterocycles. The van der Waals surface area contributed by atoms with Crippen LogP contribution in [0, 0.1) is 17.3 Å². The van der Waals surface area contributed by atoms with Crippen molar-refractivity contribution >= 4 is 35.8 Å². The van der Waals surface area contributed by atoms with Gasteiger partial charge in [-0.3, -0.25) is 33.8 Å². The van der Waals surface area contributed by atoms with Gasteiger partial charge in [-0.1, -0.05) is 93.9 Å². The van der Waals surface area contributed by atoms with E-state index in [1.165, 1.54) is 76.4 Å². The van der Waals surface area contributed by atoms with Crippen LogP contribution in [0.25, 0.3) is 0 Å². The third-order valence-electron chi connectivity index (χ3n) is 9.46. The molecule has 0 spiro atoms. The van der Waals surface area contributed by atoms with Gasteiger partial charge in [0.1, 0.15) is 11.7 Å². The molecule has 13 nitrogen and oxygen atoms in total. The molecule has 3 aliphatic carbocycles. The molecule has 4 aliphatic rings. The maximum Gasteiger partial charge on any atom is 0.289 e. The molecule has 51 heavy (non-hydrogen) atoms. The van der Waals surface area contributed by atoms with Crippen molar-refractivity contribution in [2.24, 2.45) is 17.3 Å². The van der Waals surface area contributed by atoms with Crippen LogP contribution in [-0.4, -0.2) is 88.4 Å². The van der Waals surface area contributed by atoms with Crippen molar-refractivity contribution in [3.63, 3.8) is 0 Å². The monoisotopic (exact) mass is 715 g/mol. The molecule has 4 atom stereocenters. The van der Waals surface area contributed by atoms with E-state index in [1.807, 2.05) is 32.6 Å². The van der Waals surface area contributed by atoms with Crippen LogP contribution in [0.3, 0.4) is 0 Å². The van der Waals surface area contributed by atoms with E-state index in [0.717, 1.165) is 32.4 Å². The van der Waals surface area contributed by atoms with Gasteiger partial charge in [-0.15, -0.1) is 0 Å². The summed E-state index contributed by atoms with van der Waals surface area (Å²) in [6.45, 7) is 9.05. The summed E-state index contributed by atoms with van der Waals surface area (Å²) in [6.07, 6.45) is 20.4. The number of hydrogen-bond acceptors (Lipinski definition) is 8. The summed E-state index contributed by atoms with van der Waals surface area (Å²) in [5.74, 6) is -0.825. The number of carbonyl (C=O) groups is 6. The minimum absolute atomic E-state index is 0. The van der Waals surface area contributed by atoms with Crippen molar-refractivity contribution < 1.29 is 28.8 Å².